The van der Waals surface area contributed by atoms with E-state index in [0.29, 0.717) is 0 Å². The second-order valence-corrected chi connectivity index (χ2v) is 8.55. The second-order valence-electron chi connectivity index (χ2n) is 7.71. The minimum atomic E-state index is 0.845. The fraction of sp³-hybridized carbons (Fsp3) is 0.200. The maximum absolute atomic E-state index is 6.19. The van der Waals surface area contributed by atoms with Gasteiger partial charge in [-0.3, -0.25) is 0 Å². The first-order chi connectivity index (χ1) is 15.2. The van der Waals surface area contributed by atoms with Crippen molar-refractivity contribution in [2.45, 2.75) is 33.4 Å². The molecule has 6 heteroatoms. The van der Waals surface area contributed by atoms with E-state index in [9.17, 15) is 0 Å². The van der Waals surface area contributed by atoms with Crippen LogP contribution in [0.15, 0.2) is 82.0 Å². The Morgan fingerprint density at radius 2 is 1.87 bits per heavy atom. The number of para-hydroxylation sites is 2. The number of benzene rings is 2. The zero-order chi connectivity index (χ0) is 21.2. The summed E-state index contributed by atoms with van der Waals surface area (Å²) >= 11 is 1.66. The predicted molar refractivity (Wildman–Crippen MR) is 126 cm³/mol. The molecule has 0 N–H and O–H groups in total. The van der Waals surface area contributed by atoms with Crippen LogP contribution in [0.2, 0.25) is 0 Å². The summed E-state index contributed by atoms with van der Waals surface area (Å²) < 4.78 is 10.6. The van der Waals surface area contributed by atoms with Crippen molar-refractivity contribution >= 4 is 28.0 Å². The van der Waals surface area contributed by atoms with Gasteiger partial charge in [-0.05, 0) is 43.5 Å². The van der Waals surface area contributed by atoms with Gasteiger partial charge in [-0.1, -0.05) is 36.4 Å². The van der Waals surface area contributed by atoms with E-state index in [-0.39, 0.29) is 0 Å². The van der Waals surface area contributed by atoms with E-state index in [1.165, 1.54) is 11.1 Å². The lowest BCUT2D eigenvalue weighted by Gasteiger charge is -2.09. The lowest BCUT2D eigenvalue weighted by molar-refractivity contribution is 0.549. The summed E-state index contributed by atoms with van der Waals surface area (Å²) in [7, 11) is 0. The molecule has 0 saturated carbocycles. The second kappa shape index (κ2) is 8.40. The monoisotopic (exact) mass is 428 g/mol. The Morgan fingerprint density at radius 1 is 1.03 bits per heavy atom. The number of rotatable bonds is 6. The summed E-state index contributed by atoms with van der Waals surface area (Å²) in [4.78, 5) is 10.2. The van der Waals surface area contributed by atoms with Crippen LogP contribution in [0.1, 0.15) is 17.5 Å². The number of imidazole rings is 1. The highest BCUT2D eigenvalue weighted by Crippen LogP contribution is 2.29. The summed E-state index contributed by atoms with van der Waals surface area (Å²) in [6.45, 7) is 5.98. The van der Waals surface area contributed by atoms with Gasteiger partial charge in [0, 0.05) is 36.2 Å². The van der Waals surface area contributed by atoms with Gasteiger partial charge in [0.2, 0.25) is 0 Å². The lowest BCUT2D eigenvalue weighted by atomic mass is 10.1. The molecule has 0 unspecified atom stereocenters. The topological polar surface area (TPSA) is 48.2 Å². The van der Waals surface area contributed by atoms with Crippen molar-refractivity contribution in [2.24, 2.45) is 4.99 Å². The molecule has 5 nitrogen and oxygen atoms in total. The molecule has 3 heterocycles. The number of aromatic nitrogens is 3. The smallest absolute Gasteiger partial charge is 0.190 e. The quantitative estimate of drug-likeness (QED) is 0.328. The Kier molecular flexibility index (Phi) is 5.30. The average Bonchev–Trinajstić information content (AvgIpc) is 3.50. The molecule has 2 aromatic carbocycles. The number of nitrogens with zero attached hydrogens (tertiary/aromatic N) is 4. The SMILES string of the molecule is Cc1cccc(C)c1N=c1scc(-c2cc3ccccc3o2)n1CCCn1ccnc1. The zero-order valence-corrected chi connectivity index (χ0v) is 18.5. The zero-order valence-electron chi connectivity index (χ0n) is 17.7. The molecule has 0 spiro atoms. The minimum absolute atomic E-state index is 0.845. The third kappa shape index (κ3) is 3.99. The molecule has 156 valence electrons. The van der Waals surface area contributed by atoms with Crippen LogP contribution < -0.4 is 4.80 Å². The van der Waals surface area contributed by atoms with Crippen LogP contribution in [0, 0.1) is 13.8 Å². The summed E-state index contributed by atoms with van der Waals surface area (Å²) in [5, 5.41) is 3.27. The summed E-state index contributed by atoms with van der Waals surface area (Å²) in [6.07, 6.45) is 6.65. The van der Waals surface area contributed by atoms with Crippen molar-refractivity contribution in [3.63, 3.8) is 0 Å². The lowest BCUT2D eigenvalue weighted by Crippen LogP contribution is -2.17. The molecule has 5 rings (SSSR count). The van der Waals surface area contributed by atoms with E-state index < -0.39 is 0 Å². The van der Waals surface area contributed by atoms with Crippen LogP contribution in [-0.4, -0.2) is 14.1 Å². The Balaban J connectivity index is 1.58. The van der Waals surface area contributed by atoms with Gasteiger partial charge in [-0.15, -0.1) is 11.3 Å². The number of hydrogen-bond acceptors (Lipinski definition) is 4. The third-order valence-corrected chi connectivity index (χ3v) is 6.34. The first-order valence-electron chi connectivity index (χ1n) is 10.4. The van der Waals surface area contributed by atoms with Gasteiger partial charge in [0.25, 0.3) is 0 Å². The van der Waals surface area contributed by atoms with E-state index in [4.69, 9.17) is 9.41 Å². The van der Waals surface area contributed by atoms with E-state index in [1.54, 1.807) is 11.3 Å². The minimum Gasteiger partial charge on any atom is -0.454 e. The molecule has 0 aliphatic carbocycles. The van der Waals surface area contributed by atoms with Crippen LogP contribution >= 0.6 is 11.3 Å². The number of furan rings is 1. The Labute approximate surface area is 185 Å². The number of aryl methyl sites for hydroxylation is 3. The maximum atomic E-state index is 6.19. The highest BCUT2D eigenvalue weighted by molar-refractivity contribution is 7.07. The largest absolute Gasteiger partial charge is 0.454 e. The van der Waals surface area contributed by atoms with Crippen molar-refractivity contribution in [3.05, 3.63) is 88.6 Å². The number of thiazole rings is 1. The Hall–Kier alpha value is -3.38. The van der Waals surface area contributed by atoms with Crippen molar-refractivity contribution in [3.8, 4) is 11.5 Å². The molecule has 0 atom stereocenters. The van der Waals surface area contributed by atoms with Crippen LogP contribution in [0.5, 0.6) is 0 Å². The summed E-state index contributed by atoms with van der Waals surface area (Å²) in [6, 6.07) is 16.6. The molecule has 0 aliphatic heterocycles. The van der Waals surface area contributed by atoms with E-state index in [1.807, 2.05) is 36.9 Å². The number of hydrogen-bond donors (Lipinski definition) is 0. The number of fused-ring (bicyclic) bond motifs is 1. The average molecular weight is 429 g/mol. The van der Waals surface area contributed by atoms with Gasteiger partial charge in [0.05, 0.1) is 17.7 Å². The highest BCUT2D eigenvalue weighted by Gasteiger charge is 2.13. The van der Waals surface area contributed by atoms with E-state index in [0.717, 1.165) is 52.4 Å². The first kappa shape index (κ1) is 19.6. The van der Waals surface area contributed by atoms with Crippen molar-refractivity contribution in [2.75, 3.05) is 0 Å². The van der Waals surface area contributed by atoms with Crippen LogP contribution in [-0.2, 0) is 13.1 Å². The molecule has 0 saturated heterocycles. The molecular formula is C25H24N4OS. The van der Waals surface area contributed by atoms with Crippen LogP contribution in [0.4, 0.5) is 5.69 Å². The third-order valence-electron chi connectivity index (χ3n) is 5.48. The standard InChI is InChI=1S/C25H24N4OS/c1-18-7-5-8-19(2)24(18)27-25-29(13-6-12-28-14-11-26-17-28)21(16-31-25)23-15-20-9-3-4-10-22(20)30-23/h3-5,7-11,14-17H,6,12-13H2,1-2H3. The van der Waals surface area contributed by atoms with E-state index >= 15 is 0 Å². The molecular weight excluding hydrogens is 404 g/mol. The van der Waals surface area contributed by atoms with Gasteiger partial charge in [0.15, 0.2) is 10.6 Å². The normalized spacial score (nSPS) is 12.1. The van der Waals surface area contributed by atoms with Gasteiger partial charge < -0.3 is 13.6 Å². The van der Waals surface area contributed by atoms with Crippen LogP contribution in [0.25, 0.3) is 22.4 Å². The van der Waals surface area contributed by atoms with Gasteiger partial charge >= 0.3 is 0 Å². The fourth-order valence-electron chi connectivity index (χ4n) is 3.85. The maximum Gasteiger partial charge on any atom is 0.190 e. The molecule has 0 aliphatic rings. The summed E-state index contributed by atoms with van der Waals surface area (Å²) in [5.41, 5.74) is 5.38. The van der Waals surface area contributed by atoms with Crippen molar-refractivity contribution in [1.29, 1.82) is 0 Å². The van der Waals surface area contributed by atoms with E-state index in [2.05, 4.69) is 63.7 Å². The molecule has 0 bridgehead atoms. The molecule has 0 radical (unpaired) electrons. The van der Waals surface area contributed by atoms with Crippen LogP contribution in [0.3, 0.4) is 0 Å². The van der Waals surface area contributed by atoms with Crippen molar-refractivity contribution in [1.82, 2.24) is 14.1 Å². The molecule has 3 aromatic heterocycles. The summed E-state index contributed by atoms with van der Waals surface area (Å²) in [5.74, 6) is 0.878. The Morgan fingerprint density at radius 3 is 2.65 bits per heavy atom. The van der Waals surface area contributed by atoms with Gasteiger partial charge in [0.1, 0.15) is 5.58 Å². The van der Waals surface area contributed by atoms with Gasteiger partial charge in [-0.2, -0.15) is 0 Å². The van der Waals surface area contributed by atoms with Gasteiger partial charge in [-0.25, -0.2) is 9.98 Å². The molecule has 31 heavy (non-hydrogen) atoms. The fourth-order valence-corrected chi connectivity index (χ4v) is 4.77. The molecule has 5 aromatic rings. The molecule has 0 amide bonds. The Bertz CT molecular complexity index is 1340. The molecule has 0 fully saturated rings. The first-order valence-corrected chi connectivity index (χ1v) is 11.3. The van der Waals surface area contributed by atoms with Crippen molar-refractivity contribution < 1.29 is 4.42 Å². The predicted octanol–water partition coefficient (Wildman–Crippen LogP) is 6.10. The highest BCUT2D eigenvalue weighted by atomic mass is 32.1.